The van der Waals surface area contributed by atoms with Crippen molar-refractivity contribution in [2.24, 2.45) is 0 Å². The Morgan fingerprint density at radius 3 is 2.49 bits per heavy atom. The van der Waals surface area contributed by atoms with E-state index in [-0.39, 0.29) is 10.6 Å². The highest BCUT2D eigenvalue weighted by Crippen LogP contribution is 2.57. The first kappa shape index (κ1) is 31.6. The molecule has 1 N–H and O–H groups in total. The zero-order valence-corrected chi connectivity index (χ0v) is 27.8. The fourth-order valence-corrected chi connectivity index (χ4v) is 8.85. The number of carbonyl (C=O) groups excluding carboxylic acids is 1. The number of ether oxygens (including phenoxy) is 2. The highest BCUT2D eigenvalue weighted by atomic mass is 35.5. The van der Waals surface area contributed by atoms with Gasteiger partial charge in [-0.1, -0.05) is 17.7 Å². The number of nitrogens with one attached hydrogen (secondary N) is 1. The molecule has 3 aliphatic rings. The number of sulfonamides is 1. The Labute approximate surface area is 279 Å². The summed E-state index contributed by atoms with van der Waals surface area (Å²) in [6.45, 7) is 4.67. The largest absolute Gasteiger partial charge is 0.497 e. The number of rotatable bonds is 9. The predicted octanol–water partition coefficient (Wildman–Crippen LogP) is 4.57. The summed E-state index contributed by atoms with van der Waals surface area (Å²) in [4.78, 5) is 24.3. The minimum absolute atomic E-state index is 0.0477. The van der Waals surface area contributed by atoms with Gasteiger partial charge >= 0.3 is 0 Å². The number of anilines is 1. The van der Waals surface area contributed by atoms with Gasteiger partial charge in [-0.15, -0.1) is 0 Å². The summed E-state index contributed by atoms with van der Waals surface area (Å²) in [6.07, 6.45) is 4.47. The highest BCUT2D eigenvalue weighted by Gasteiger charge is 2.62. The number of methoxy groups -OCH3 is 2. The molecular weight excluding hydrogens is 642 g/mol. The molecule has 246 valence electrons. The van der Waals surface area contributed by atoms with E-state index in [1.165, 1.54) is 25.5 Å². The Kier molecular flexibility index (Phi) is 8.48. The van der Waals surface area contributed by atoms with Gasteiger partial charge in [0.2, 0.25) is 5.89 Å². The molecule has 0 spiro atoms. The monoisotopic (exact) mass is 677 g/mol. The Hall–Kier alpha value is -3.94. The summed E-state index contributed by atoms with van der Waals surface area (Å²) in [5.74, 6) is 0.748. The maximum atomic E-state index is 15.5. The number of halogens is 1. The molecule has 2 unspecified atom stereocenters. The van der Waals surface area contributed by atoms with Crippen LogP contribution in [0.15, 0.2) is 82.4 Å². The number of nitrogens with zero attached hydrogens (tertiary/aromatic N) is 4. The second-order valence-electron chi connectivity index (χ2n) is 11.9. The van der Waals surface area contributed by atoms with Crippen LogP contribution in [0, 0.1) is 0 Å². The number of piperazine rings is 1. The van der Waals surface area contributed by atoms with E-state index < -0.39 is 27.5 Å². The minimum Gasteiger partial charge on any atom is -0.497 e. The lowest BCUT2D eigenvalue weighted by molar-refractivity contribution is -0.127. The standard InChI is InChI=1S/C34H36ClN5O6S/c1-44-25-7-9-26(10-8-25)47(42,43)40-29-11-6-24(35)21-27(29)34(33(40)41,39-16-3-4-30(39)32-37-15-19-46-32)28-20-23(5-12-31(28)45-2)22-38-17-13-36-14-18-38/h5-12,15,19-21,30,36H,3-4,13-14,16-18,22H2,1-2H3. The molecule has 4 aromatic rings. The summed E-state index contributed by atoms with van der Waals surface area (Å²) >= 11 is 6.69. The van der Waals surface area contributed by atoms with Crippen molar-refractivity contribution in [1.29, 1.82) is 0 Å². The smallest absolute Gasteiger partial charge is 0.271 e. The van der Waals surface area contributed by atoms with E-state index >= 15 is 4.79 Å². The number of oxazole rings is 1. The van der Waals surface area contributed by atoms with E-state index in [1.54, 1.807) is 43.6 Å². The number of carbonyl (C=O) groups is 1. The van der Waals surface area contributed by atoms with Gasteiger partial charge in [0.25, 0.3) is 15.9 Å². The summed E-state index contributed by atoms with van der Waals surface area (Å²) in [5.41, 5.74) is 0.528. The van der Waals surface area contributed by atoms with Gasteiger partial charge in [0.1, 0.15) is 17.8 Å². The van der Waals surface area contributed by atoms with E-state index in [2.05, 4.69) is 15.2 Å². The third kappa shape index (κ3) is 5.28. The van der Waals surface area contributed by atoms with Crippen LogP contribution in [-0.2, 0) is 26.9 Å². The summed E-state index contributed by atoms with van der Waals surface area (Å²) in [7, 11) is -1.34. The molecule has 47 heavy (non-hydrogen) atoms. The molecule has 7 rings (SSSR count). The van der Waals surface area contributed by atoms with Crippen molar-refractivity contribution < 1.29 is 27.1 Å². The normalized spacial score (nSPS) is 22.1. The van der Waals surface area contributed by atoms with E-state index in [4.69, 9.17) is 25.5 Å². The van der Waals surface area contributed by atoms with Crippen molar-refractivity contribution in [3.63, 3.8) is 0 Å². The molecule has 2 atom stereocenters. The lowest BCUT2D eigenvalue weighted by Crippen LogP contribution is -2.54. The maximum Gasteiger partial charge on any atom is 0.271 e. The van der Waals surface area contributed by atoms with Gasteiger partial charge in [-0.2, -0.15) is 0 Å². The number of fused-ring (bicyclic) bond motifs is 1. The van der Waals surface area contributed by atoms with Crippen molar-refractivity contribution in [2.45, 2.75) is 35.9 Å². The lowest BCUT2D eigenvalue weighted by atomic mass is 9.80. The molecule has 13 heteroatoms. The zero-order valence-electron chi connectivity index (χ0n) is 26.2. The molecule has 3 aromatic carbocycles. The first-order valence-electron chi connectivity index (χ1n) is 15.6. The number of likely N-dealkylation sites (tertiary alicyclic amines) is 1. The fraction of sp³-hybridized carbons (Fsp3) is 0.353. The van der Waals surface area contributed by atoms with Crippen LogP contribution in [0.4, 0.5) is 5.69 Å². The van der Waals surface area contributed by atoms with Gasteiger partial charge in [-0.3, -0.25) is 14.6 Å². The minimum atomic E-state index is -4.41. The Balaban J connectivity index is 1.48. The molecule has 0 bridgehead atoms. The van der Waals surface area contributed by atoms with Gasteiger partial charge in [0.05, 0.1) is 37.0 Å². The van der Waals surface area contributed by atoms with Crippen LogP contribution < -0.4 is 19.1 Å². The second-order valence-corrected chi connectivity index (χ2v) is 14.1. The highest BCUT2D eigenvalue weighted by molar-refractivity contribution is 7.93. The van der Waals surface area contributed by atoms with Gasteiger partial charge in [-0.05, 0) is 73.0 Å². The van der Waals surface area contributed by atoms with Crippen molar-refractivity contribution in [1.82, 2.24) is 20.1 Å². The van der Waals surface area contributed by atoms with E-state index in [1.807, 2.05) is 23.1 Å². The average Bonchev–Trinajstić information content (AvgIpc) is 3.84. The van der Waals surface area contributed by atoms with E-state index in [0.717, 1.165) is 42.5 Å². The molecular formula is C34H36ClN5O6S. The third-order valence-corrected chi connectivity index (χ3v) is 11.3. The summed E-state index contributed by atoms with van der Waals surface area (Å²) in [6, 6.07) is 16.3. The molecule has 1 amide bonds. The molecule has 0 aliphatic carbocycles. The van der Waals surface area contributed by atoms with Crippen molar-refractivity contribution in [3.05, 3.63) is 101 Å². The van der Waals surface area contributed by atoms with Crippen molar-refractivity contribution in [2.75, 3.05) is 51.2 Å². The van der Waals surface area contributed by atoms with Crippen LogP contribution in [0.3, 0.4) is 0 Å². The van der Waals surface area contributed by atoms with Crippen LogP contribution in [-0.4, -0.2) is 76.1 Å². The van der Waals surface area contributed by atoms with E-state index in [0.29, 0.717) is 53.0 Å². The Bertz CT molecular complexity index is 1880. The number of hydrogen-bond acceptors (Lipinski definition) is 10. The third-order valence-electron chi connectivity index (χ3n) is 9.35. The molecule has 11 nitrogen and oxygen atoms in total. The maximum absolute atomic E-state index is 15.5. The fourth-order valence-electron chi connectivity index (χ4n) is 7.22. The van der Waals surface area contributed by atoms with Crippen molar-refractivity contribution in [3.8, 4) is 11.5 Å². The molecule has 0 radical (unpaired) electrons. The van der Waals surface area contributed by atoms with Crippen LogP contribution >= 0.6 is 11.6 Å². The number of amides is 1. The van der Waals surface area contributed by atoms with Crippen LogP contribution in [0.2, 0.25) is 5.02 Å². The molecule has 1 aromatic heterocycles. The topological polar surface area (TPSA) is 117 Å². The zero-order chi connectivity index (χ0) is 32.8. The van der Waals surface area contributed by atoms with Gasteiger partial charge in [-0.25, -0.2) is 17.7 Å². The van der Waals surface area contributed by atoms with Crippen molar-refractivity contribution >= 4 is 33.2 Å². The lowest BCUT2D eigenvalue weighted by Gasteiger charge is -2.41. The first-order chi connectivity index (χ1) is 22.8. The summed E-state index contributed by atoms with van der Waals surface area (Å²) in [5, 5.41) is 3.76. The van der Waals surface area contributed by atoms with Gasteiger partial charge in [0, 0.05) is 55.4 Å². The quantitative estimate of drug-likeness (QED) is 0.270. The van der Waals surface area contributed by atoms with Crippen LogP contribution in [0.1, 0.15) is 41.5 Å². The Morgan fingerprint density at radius 1 is 1.00 bits per heavy atom. The van der Waals surface area contributed by atoms with Crippen LogP contribution in [0.25, 0.3) is 0 Å². The van der Waals surface area contributed by atoms with E-state index in [9.17, 15) is 8.42 Å². The second kappa shape index (κ2) is 12.6. The molecule has 2 fully saturated rings. The first-order valence-corrected chi connectivity index (χ1v) is 17.4. The Morgan fingerprint density at radius 2 is 1.79 bits per heavy atom. The summed E-state index contributed by atoms with van der Waals surface area (Å²) < 4.78 is 47.1. The molecule has 3 aliphatic heterocycles. The SMILES string of the molecule is COc1ccc(S(=O)(=O)N2C(=O)C(c3cc(CN4CCNCC4)ccc3OC)(N3CCCC3c3ncco3)c3cc(Cl)ccc32)cc1. The predicted molar refractivity (Wildman–Crippen MR) is 176 cm³/mol. The number of benzene rings is 3. The molecule has 0 saturated carbocycles. The average molecular weight is 678 g/mol. The molecule has 2 saturated heterocycles. The number of aromatic nitrogens is 1. The molecule has 4 heterocycles. The number of hydrogen-bond donors (Lipinski definition) is 1. The van der Waals surface area contributed by atoms with Gasteiger partial charge in [0.15, 0.2) is 5.54 Å². The van der Waals surface area contributed by atoms with Gasteiger partial charge < -0.3 is 19.2 Å². The van der Waals surface area contributed by atoms with Crippen LogP contribution in [0.5, 0.6) is 11.5 Å².